The average Bonchev–Trinajstić information content (AvgIpc) is 2.14. The second-order valence-corrected chi connectivity index (χ2v) is 2.75. The van der Waals surface area contributed by atoms with Crippen LogP contribution >= 0.6 is 11.6 Å². The molecule has 0 aliphatic rings. The molecule has 1 aromatic heterocycles. The Kier molecular flexibility index (Phi) is 3.61. The topological polar surface area (TPSA) is 101 Å². The molecule has 0 fully saturated rings. The number of aliphatic hydroxyl groups excluding tert-OH is 1. The number of nitrogens with one attached hydrogen (secondary N) is 1. The van der Waals surface area contributed by atoms with Crippen molar-refractivity contribution in [3.05, 3.63) is 17.0 Å². The number of nitrogens with two attached hydrogens (primary N) is 1. The molecule has 7 heteroatoms. The highest BCUT2D eigenvalue weighted by Gasteiger charge is 2.10. The van der Waals surface area contributed by atoms with Crippen LogP contribution in [0.2, 0.25) is 5.28 Å². The summed E-state index contributed by atoms with van der Waals surface area (Å²) in [5, 5.41) is 11.3. The first kappa shape index (κ1) is 10.7. The second-order valence-electron chi connectivity index (χ2n) is 2.42. The van der Waals surface area contributed by atoms with Crippen molar-refractivity contribution in [3.8, 4) is 0 Å². The van der Waals surface area contributed by atoms with Gasteiger partial charge >= 0.3 is 0 Å². The number of carbonyl (C=O) groups excluding carboxylic acids is 1. The van der Waals surface area contributed by atoms with Crippen LogP contribution in [0.5, 0.6) is 0 Å². The molecule has 0 aliphatic carbocycles. The van der Waals surface area contributed by atoms with Crippen LogP contribution in [0.15, 0.2) is 6.20 Å². The van der Waals surface area contributed by atoms with Crippen LogP contribution in [0.3, 0.4) is 0 Å². The largest absolute Gasteiger partial charge is 0.395 e. The molecule has 1 amide bonds. The van der Waals surface area contributed by atoms with Crippen LogP contribution in [-0.4, -0.2) is 34.1 Å². The monoisotopic (exact) mass is 216 g/mol. The lowest BCUT2D eigenvalue weighted by Gasteiger charge is -2.06. The summed E-state index contributed by atoms with van der Waals surface area (Å²) in [4.78, 5) is 18.3. The van der Waals surface area contributed by atoms with E-state index in [1.54, 1.807) is 0 Å². The lowest BCUT2D eigenvalue weighted by molar-refractivity contribution is 0.100. The number of carbonyl (C=O) groups is 1. The number of nitrogens with zero attached hydrogens (tertiary/aromatic N) is 2. The first-order valence-corrected chi connectivity index (χ1v) is 4.20. The molecule has 0 saturated heterocycles. The van der Waals surface area contributed by atoms with Crippen molar-refractivity contribution in [3.63, 3.8) is 0 Å². The van der Waals surface area contributed by atoms with Crippen molar-refractivity contribution in [2.24, 2.45) is 5.73 Å². The molecular formula is C7H9ClN4O2. The van der Waals surface area contributed by atoms with Crippen LogP contribution in [0.25, 0.3) is 0 Å². The molecule has 0 spiro atoms. The number of anilines is 1. The molecule has 6 nitrogen and oxygen atoms in total. The molecule has 1 rings (SSSR count). The number of aliphatic hydroxyl groups is 1. The van der Waals surface area contributed by atoms with Crippen LogP contribution in [0.1, 0.15) is 10.4 Å². The van der Waals surface area contributed by atoms with Crippen molar-refractivity contribution in [1.29, 1.82) is 0 Å². The summed E-state index contributed by atoms with van der Waals surface area (Å²) in [5.74, 6) is -0.423. The summed E-state index contributed by atoms with van der Waals surface area (Å²) in [6.45, 7) is 0.174. The quantitative estimate of drug-likeness (QED) is 0.597. The summed E-state index contributed by atoms with van der Waals surface area (Å²) in [7, 11) is 0. The number of hydrogen-bond acceptors (Lipinski definition) is 5. The second kappa shape index (κ2) is 4.73. The Morgan fingerprint density at radius 1 is 1.71 bits per heavy atom. The zero-order chi connectivity index (χ0) is 10.6. The van der Waals surface area contributed by atoms with E-state index < -0.39 is 5.91 Å². The van der Waals surface area contributed by atoms with Gasteiger partial charge in [-0.1, -0.05) is 0 Å². The summed E-state index contributed by atoms with van der Waals surface area (Å²) < 4.78 is 0. The van der Waals surface area contributed by atoms with Crippen molar-refractivity contribution < 1.29 is 9.90 Å². The minimum atomic E-state index is -0.651. The molecule has 0 saturated carbocycles. The fourth-order valence-corrected chi connectivity index (χ4v) is 0.983. The van der Waals surface area contributed by atoms with Crippen molar-refractivity contribution in [2.45, 2.75) is 0 Å². The maximum atomic E-state index is 10.9. The third kappa shape index (κ3) is 2.54. The Bertz CT molecular complexity index is 344. The van der Waals surface area contributed by atoms with Crippen molar-refractivity contribution in [1.82, 2.24) is 9.97 Å². The van der Waals surface area contributed by atoms with Gasteiger partial charge in [0.1, 0.15) is 5.82 Å². The summed E-state index contributed by atoms with van der Waals surface area (Å²) in [5.41, 5.74) is 5.21. The van der Waals surface area contributed by atoms with E-state index in [2.05, 4.69) is 15.3 Å². The highest BCUT2D eigenvalue weighted by molar-refractivity contribution is 6.28. The normalized spacial score (nSPS) is 9.86. The molecule has 14 heavy (non-hydrogen) atoms. The highest BCUT2D eigenvalue weighted by Crippen LogP contribution is 2.12. The Morgan fingerprint density at radius 2 is 2.43 bits per heavy atom. The van der Waals surface area contributed by atoms with E-state index in [9.17, 15) is 4.79 Å². The Balaban J connectivity index is 2.97. The molecule has 0 bridgehead atoms. The Labute approximate surface area is 85.1 Å². The van der Waals surface area contributed by atoms with Gasteiger partial charge in [-0.2, -0.15) is 4.98 Å². The number of rotatable bonds is 4. The molecule has 0 aliphatic heterocycles. The van der Waals surface area contributed by atoms with E-state index in [-0.39, 0.29) is 29.8 Å². The van der Waals surface area contributed by atoms with Gasteiger partial charge in [-0.25, -0.2) is 4.98 Å². The molecule has 0 atom stereocenters. The van der Waals surface area contributed by atoms with Crippen molar-refractivity contribution in [2.75, 3.05) is 18.5 Å². The summed E-state index contributed by atoms with van der Waals surface area (Å²) in [6, 6.07) is 0. The van der Waals surface area contributed by atoms with E-state index in [0.717, 1.165) is 0 Å². The summed E-state index contributed by atoms with van der Waals surface area (Å²) >= 11 is 5.52. The van der Waals surface area contributed by atoms with Gasteiger partial charge in [-0.05, 0) is 11.6 Å². The zero-order valence-corrected chi connectivity index (χ0v) is 7.95. The number of amides is 1. The molecule has 1 aromatic rings. The van der Waals surface area contributed by atoms with Crippen LogP contribution in [-0.2, 0) is 0 Å². The number of hydrogen-bond donors (Lipinski definition) is 3. The molecular weight excluding hydrogens is 208 g/mol. The van der Waals surface area contributed by atoms with E-state index in [1.165, 1.54) is 6.20 Å². The van der Waals surface area contributed by atoms with Gasteiger partial charge in [0.05, 0.1) is 12.2 Å². The first-order valence-electron chi connectivity index (χ1n) is 3.82. The third-order valence-corrected chi connectivity index (χ3v) is 1.61. The van der Waals surface area contributed by atoms with Crippen LogP contribution in [0.4, 0.5) is 5.82 Å². The van der Waals surface area contributed by atoms with Crippen LogP contribution < -0.4 is 11.1 Å². The Hall–Kier alpha value is -1.40. The fourth-order valence-electron chi connectivity index (χ4n) is 0.850. The maximum Gasteiger partial charge on any atom is 0.254 e. The number of primary amides is 1. The molecule has 0 radical (unpaired) electrons. The molecule has 76 valence electrons. The zero-order valence-electron chi connectivity index (χ0n) is 7.20. The minimum absolute atomic E-state index is 0.00967. The molecule has 0 unspecified atom stereocenters. The van der Waals surface area contributed by atoms with Gasteiger partial charge in [0.25, 0.3) is 5.91 Å². The van der Waals surface area contributed by atoms with Gasteiger partial charge in [0, 0.05) is 12.7 Å². The van der Waals surface area contributed by atoms with Gasteiger partial charge in [-0.3, -0.25) is 4.79 Å². The smallest absolute Gasteiger partial charge is 0.254 e. The third-order valence-electron chi connectivity index (χ3n) is 1.43. The van der Waals surface area contributed by atoms with Gasteiger partial charge in [-0.15, -0.1) is 0 Å². The van der Waals surface area contributed by atoms with Gasteiger partial charge in [0.2, 0.25) is 5.28 Å². The standard InChI is InChI=1S/C7H9ClN4O2/c8-7-11-3-4(5(9)14)6(12-7)10-1-2-13/h3,13H,1-2H2,(H2,9,14)(H,10,11,12). The number of aromatic nitrogens is 2. The first-order chi connectivity index (χ1) is 6.65. The minimum Gasteiger partial charge on any atom is -0.395 e. The predicted octanol–water partition coefficient (Wildman–Crippen LogP) is -0.367. The van der Waals surface area contributed by atoms with E-state index in [0.29, 0.717) is 0 Å². The molecule has 4 N–H and O–H groups in total. The Morgan fingerprint density at radius 3 is 3.00 bits per heavy atom. The predicted molar refractivity (Wildman–Crippen MR) is 51.1 cm³/mol. The SMILES string of the molecule is NC(=O)c1cnc(Cl)nc1NCCO. The molecule has 0 aromatic carbocycles. The lowest BCUT2D eigenvalue weighted by Crippen LogP contribution is -2.17. The fraction of sp³-hybridized carbons (Fsp3) is 0.286. The maximum absolute atomic E-state index is 10.9. The number of halogens is 1. The van der Waals surface area contributed by atoms with Gasteiger partial charge < -0.3 is 16.2 Å². The van der Waals surface area contributed by atoms with Gasteiger partial charge in [0.15, 0.2) is 0 Å². The van der Waals surface area contributed by atoms with Crippen LogP contribution in [0, 0.1) is 0 Å². The van der Waals surface area contributed by atoms with Crippen molar-refractivity contribution >= 4 is 23.3 Å². The lowest BCUT2D eigenvalue weighted by atomic mass is 10.3. The molecule has 1 heterocycles. The van der Waals surface area contributed by atoms with E-state index >= 15 is 0 Å². The summed E-state index contributed by atoms with van der Waals surface area (Å²) in [6.07, 6.45) is 1.23. The average molecular weight is 217 g/mol. The van der Waals surface area contributed by atoms with E-state index in [1.807, 2.05) is 0 Å². The van der Waals surface area contributed by atoms with E-state index in [4.69, 9.17) is 22.4 Å². The highest BCUT2D eigenvalue weighted by atomic mass is 35.5.